The van der Waals surface area contributed by atoms with Crippen LogP contribution in [0.3, 0.4) is 0 Å². The summed E-state index contributed by atoms with van der Waals surface area (Å²) in [5.74, 6) is 0.185. The van der Waals surface area contributed by atoms with Crippen LogP contribution in [0.25, 0.3) is 0 Å². The Kier molecular flexibility index (Phi) is 7.71. The van der Waals surface area contributed by atoms with Crippen molar-refractivity contribution in [1.29, 1.82) is 0 Å². The number of benzene rings is 1. The Bertz CT molecular complexity index is 682. The molecule has 8 heteroatoms. The van der Waals surface area contributed by atoms with Crippen LogP contribution in [0.4, 0.5) is 10.1 Å². The number of rotatable bonds is 6. The van der Waals surface area contributed by atoms with Crippen LogP contribution in [-0.2, 0) is 4.79 Å². The van der Waals surface area contributed by atoms with Gasteiger partial charge in [0.15, 0.2) is 5.96 Å². The molecule has 1 aromatic carbocycles. The molecular formula is C19H29ClFN5O. The van der Waals surface area contributed by atoms with Gasteiger partial charge in [0.2, 0.25) is 5.91 Å². The van der Waals surface area contributed by atoms with Crippen LogP contribution in [0, 0.1) is 5.82 Å². The van der Waals surface area contributed by atoms with Crippen molar-refractivity contribution in [2.75, 3.05) is 38.6 Å². The lowest BCUT2D eigenvalue weighted by atomic mass is 10.2. The van der Waals surface area contributed by atoms with Gasteiger partial charge in [-0.05, 0) is 38.0 Å². The Morgan fingerprint density at radius 3 is 2.85 bits per heavy atom. The van der Waals surface area contributed by atoms with E-state index < -0.39 is 5.82 Å². The molecule has 2 N–H and O–H groups in total. The van der Waals surface area contributed by atoms with E-state index in [0.717, 1.165) is 31.6 Å². The minimum atomic E-state index is -0.410. The summed E-state index contributed by atoms with van der Waals surface area (Å²) in [6.45, 7) is 5.86. The molecule has 1 aromatic rings. The highest BCUT2D eigenvalue weighted by atomic mass is 35.5. The minimum absolute atomic E-state index is 0.0470. The molecule has 0 bridgehead atoms. The monoisotopic (exact) mass is 397 g/mol. The van der Waals surface area contributed by atoms with E-state index in [1.807, 2.05) is 0 Å². The molecule has 1 aliphatic rings. The molecule has 0 aliphatic carbocycles. The molecule has 2 rings (SSSR count). The number of nitrogens with one attached hydrogen (secondary N) is 2. The van der Waals surface area contributed by atoms with Crippen molar-refractivity contribution in [2.45, 2.75) is 38.8 Å². The van der Waals surface area contributed by atoms with Gasteiger partial charge in [-0.2, -0.15) is 0 Å². The number of likely N-dealkylation sites (N-methyl/N-ethyl adjacent to an activating group) is 1. The highest BCUT2D eigenvalue weighted by Gasteiger charge is 2.24. The van der Waals surface area contributed by atoms with Gasteiger partial charge in [0.05, 0.1) is 5.02 Å². The molecule has 1 aliphatic heterocycles. The number of halogens is 2. The van der Waals surface area contributed by atoms with E-state index in [-0.39, 0.29) is 29.6 Å². The van der Waals surface area contributed by atoms with Crippen molar-refractivity contribution in [3.05, 3.63) is 29.0 Å². The van der Waals surface area contributed by atoms with Gasteiger partial charge in [-0.1, -0.05) is 18.5 Å². The first kappa shape index (κ1) is 21.3. The first-order valence-electron chi connectivity index (χ1n) is 9.27. The number of nitrogens with zero attached hydrogens (tertiary/aromatic N) is 3. The molecule has 6 nitrogen and oxygen atoms in total. The molecule has 2 unspecified atom stereocenters. The first-order valence-corrected chi connectivity index (χ1v) is 9.65. The topological polar surface area (TPSA) is 60.0 Å². The Balaban J connectivity index is 2.01. The van der Waals surface area contributed by atoms with Crippen LogP contribution in [0.1, 0.15) is 26.7 Å². The van der Waals surface area contributed by atoms with Gasteiger partial charge in [-0.25, -0.2) is 9.38 Å². The van der Waals surface area contributed by atoms with Crippen LogP contribution in [0.2, 0.25) is 5.02 Å². The maximum absolute atomic E-state index is 13.4. The maximum atomic E-state index is 13.4. The van der Waals surface area contributed by atoms with Gasteiger partial charge in [-0.3, -0.25) is 4.79 Å². The number of guanidine groups is 1. The lowest BCUT2D eigenvalue weighted by Gasteiger charge is -2.22. The molecule has 0 aromatic heterocycles. The van der Waals surface area contributed by atoms with Crippen LogP contribution < -0.4 is 15.5 Å². The zero-order chi connectivity index (χ0) is 20.0. The maximum Gasteiger partial charge on any atom is 0.243 e. The summed E-state index contributed by atoms with van der Waals surface area (Å²) in [6.07, 6.45) is 1.87. The standard InChI is InChI=1S/C19H29ClFN5O/c1-5-13(2)23-19(22-11-18(27)25(3)4)24-14-8-9-26(12-14)15-6-7-17(21)16(20)10-15/h6-7,10,13-14H,5,8-9,11-12H2,1-4H3,(H2,22,23,24). The number of aliphatic imine (C=N–C) groups is 1. The number of carbonyl (C=O) groups is 1. The lowest BCUT2D eigenvalue weighted by Crippen LogP contribution is -2.48. The SMILES string of the molecule is CCC(C)NC(=NCC(=O)N(C)C)NC1CCN(c2ccc(F)c(Cl)c2)C1. The molecule has 1 saturated heterocycles. The summed E-state index contributed by atoms with van der Waals surface area (Å²) in [7, 11) is 3.44. The normalized spacial score (nSPS) is 18.4. The Hall–Kier alpha value is -2.02. The predicted octanol–water partition coefficient (Wildman–Crippen LogP) is 2.48. The van der Waals surface area contributed by atoms with E-state index in [1.165, 1.54) is 11.0 Å². The van der Waals surface area contributed by atoms with Crippen molar-refractivity contribution >= 4 is 29.2 Å². The van der Waals surface area contributed by atoms with Crippen molar-refractivity contribution in [1.82, 2.24) is 15.5 Å². The second kappa shape index (κ2) is 9.78. The van der Waals surface area contributed by atoms with Gasteiger partial charge in [0.1, 0.15) is 12.4 Å². The summed E-state index contributed by atoms with van der Waals surface area (Å²) >= 11 is 5.90. The average molecular weight is 398 g/mol. The fourth-order valence-corrected chi connectivity index (χ4v) is 2.92. The van der Waals surface area contributed by atoms with Gasteiger partial charge in [0, 0.05) is 45.0 Å². The van der Waals surface area contributed by atoms with E-state index in [2.05, 4.69) is 34.4 Å². The minimum Gasteiger partial charge on any atom is -0.369 e. The van der Waals surface area contributed by atoms with E-state index in [4.69, 9.17) is 11.6 Å². The Labute approximate surface area is 165 Å². The quantitative estimate of drug-likeness (QED) is 0.572. The number of hydrogen-bond acceptors (Lipinski definition) is 3. The van der Waals surface area contributed by atoms with Crippen molar-refractivity contribution in [2.24, 2.45) is 4.99 Å². The van der Waals surface area contributed by atoms with Gasteiger partial charge in [-0.15, -0.1) is 0 Å². The number of anilines is 1. The number of amides is 1. The summed E-state index contributed by atoms with van der Waals surface area (Å²) in [5, 5.41) is 6.89. The fourth-order valence-electron chi connectivity index (χ4n) is 2.74. The molecule has 0 radical (unpaired) electrons. The molecule has 1 heterocycles. The van der Waals surface area contributed by atoms with E-state index >= 15 is 0 Å². The second-order valence-corrected chi connectivity index (χ2v) is 7.49. The van der Waals surface area contributed by atoms with Crippen molar-refractivity contribution in [3.8, 4) is 0 Å². The molecule has 27 heavy (non-hydrogen) atoms. The molecule has 1 amide bonds. The Morgan fingerprint density at radius 2 is 2.22 bits per heavy atom. The third kappa shape index (κ3) is 6.27. The van der Waals surface area contributed by atoms with Crippen molar-refractivity contribution < 1.29 is 9.18 Å². The smallest absolute Gasteiger partial charge is 0.243 e. The largest absolute Gasteiger partial charge is 0.369 e. The van der Waals surface area contributed by atoms with Crippen LogP contribution >= 0.6 is 11.6 Å². The summed E-state index contributed by atoms with van der Waals surface area (Å²) in [4.78, 5) is 20.0. The van der Waals surface area contributed by atoms with Gasteiger partial charge < -0.3 is 20.4 Å². The molecule has 0 saturated carbocycles. The van der Waals surface area contributed by atoms with E-state index in [9.17, 15) is 9.18 Å². The fraction of sp³-hybridized carbons (Fsp3) is 0.579. The summed E-state index contributed by atoms with van der Waals surface area (Å²) < 4.78 is 13.4. The van der Waals surface area contributed by atoms with Crippen LogP contribution in [0.5, 0.6) is 0 Å². The van der Waals surface area contributed by atoms with Crippen molar-refractivity contribution in [3.63, 3.8) is 0 Å². The second-order valence-electron chi connectivity index (χ2n) is 7.08. The third-order valence-electron chi connectivity index (χ3n) is 4.66. The predicted molar refractivity (Wildman–Crippen MR) is 109 cm³/mol. The van der Waals surface area contributed by atoms with E-state index in [0.29, 0.717) is 5.96 Å². The molecule has 150 valence electrons. The zero-order valence-electron chi connectivity index (χ0n) is 16.4. The lowest BCUT2D eigenvalue weighted by molar-refractivity contribution is -0.127. The highest BCUT2D eigenvalue weighted by molar-refractivity contribution is 6.31. The van der Waals surface area contributed by atoms with Crippen LogP contribution in [-0.4, -0.2) is 62.6 Å². The molecule has 1 fully saturated rings. The molecule has 0 spiro atoms. The van der Waals surface area contributed by atoms with Gasteiger partial charge >= 0.3 is 0 Å². The summed E-state index contributed by atoms with van der Waals surface area (Å²) in [6, 6.07) is 5.22. The molecular weight excluding hydrogens is 369 g/mol. The third-order valence-corrected chi connectivity index (χ3v) is 4.95. The van der Waals surface area contributed by atoms with Gasteiger partial charge in [0.25, 0.3) is 0 Å². The zero-order valence-corrected chi connectivity index (χ0v) is 17.2. The highest BCUT2D eigenvalue weighted by Crippen LogP contribution is 2.25. The Morgan fingerprint density at radius 1 is 1.48 bits per heavy atom. The number of carbonyl (C=O) groups excluding carboxylic acids is 1. The van der Waals surface area contributed by atoms with E-state index in [1.54, 1.807) is 26.2 Å². The van der Waals surface area contributed by atoms with Crippen LogP contribution in [0.15, 0.2) is 23.2 Å². The first-order chi connectivity index (χ1) is 12.8. The summed E-state index contributed by atoms with van der Waals surface area (Å²) in [5.41, 5.74) is 0.904. The molecule has 2 atom stereocenters. The average Bonchev–Trinajstić information content (AvgIpc) is 3.09. The number of hydrogen-bond donors (Lipinski definition) is 2.